The molecule has 0 saturated carbocycles. The van der Waals surface area contributed by atoms with Crippen LogP contribution in [-0.4, -0.2) is 0 Å². The molecule has 0 atom stereocenters. The summed E-state index contributed by atoms with van der Waals surface area (Å²) in [5, 5.41) is 0. The Kier molecular flexibility index (Phi) is 72.1. The van der Waals surface area contributed by atoms with E-state index in [1.165, 1.54) is 69.4 Å². The van der Waals surface area contributed by atoms with E-state index >= 15 is 0 Å². The molecule has 0 radical (unpaired) electrons. The lowest BCUT2D eigenvalue weighted by Crippen LogP contribution is -1.84. The zero-order chi connectivity index (χ0) is 38.4. The van der Waals surface area contributed by atoms with E-state index in [2.05, 4.69) is 177 Å². The van der Waals surface area contributed by atoms with Crippen molar-refractivity contribution in [3.8, 4) is 12.3 Å². The topological polar surface area (TPSA) is 0 Å². The molecule has 0 aliphatic rings. The van der Waals surface area contributed by atoms with Gasteiger partial charge in [0.1, 0.15) is 0 Å². The first-order chi connectivity index (χ1) is 22.1. The molecular weight excluding hydrogens is 601 g/mol. The molecule has 292 valence electrons. The van der Waals surface area contributed by atoms with Gasteiger partial charge >= 0.3 is 0 Å². The predicted molar refractivity (Wildman–Crippen MR) is 247 cm³/mol. The van der Waals surface area contributed by atoms with Gasteiger partial charge in [-0.3, -0.25) is 0 Å². The fraction of sp³-hybridized carbons (Fsp3) is 0.520. The van der Waals surface area contributed by atoms with Crippen LogP contribution in [-0.2, 0) is 0 Å². The standard InChI is InChI=1S/C15H24.C10H12.C10H18.C5H12.C3H4.C2H6.C2H4.3CH4/c1-11(2)13(5)9-8-10-14(6)15(7)12(3)4;1-8(2)10-6-4-9(3)5-7-10;1-5-9(4)8-10(6-2)7-3;1-3-5-4-2;1-3-2;2*1-2;;;/h8-9H,3,10H2,1-2,4-7H3;4-7H,1H2,2-3H3;6,8H,5,7H2,1-4H3;3-5H2,1-2H3;1H,2H3;1-2H3;1-2H2;3*1H4/b9-8+,15-14-;;9-8-,10-6-;;;;;;;. The minimum Gasteiger partial charge on any atom is -0.120 e. The zero-order valence-corrected chi connectivity index (χ0v) is 34.8. The molecule has 0 N–H and O–H groups in total. The van der Waals surface area contributed by atoms with Gasteiger partial charge in [0.25, 0.3) is 0 Å². The summed E-state index contributed by atoms with van der Waals surface area (Å²) in [5.74, 6) is 2.25. The Bertz CT molecular complexity index is 1080. The van der Waals surface area contributed by atoms with Gasteiger partial charge in [-0.2, -0.15) is 0 Å². The Morgan fingerprint density at radius 2 is 1.20 bits per heavy atom. The minimum atomic E-state index is 0. The lowest BCUT2D eigenvalue weighted by Gasteiger charge is -2.04. The summed E-state index contributed by atoms with van der Waals surface area (Å²) in [4.78, 5) is 0. The molecule has 0 bridgehead atoms. The average molecular weight is 693 g/mol. The van der Waals surface area contributed by atoms with Gasteiger partial charge in [-0.05, 0) is 107 Å². The zero-order valence-electron chi connectivity index (χ0n) is 34.8. The molecule has 0 aliphatic heterocycles. The van der Waals surface area contributed by atoms with Crippen LogP contribution in [0.15, 0.2) is 114 Å². The largest absolute Gasteiger partial charge is 0.120 e. The summed E-state index contributed by atoms with van der Waals surface area (Å²) < 4.78 is 0. The molecule has 0 heteroatoms. The number of hydrogen-bond acceptors (Lipinski definition) is 0. The number of allylic oxidation sites excluding steroid dienone is 12. The van der Waals surface area contributed by atoms with E-state index in [1.807, 2.05) is 20.8 Å². The first-order valence-electron chi connectivity index (χ1n) is 17.7. The van der Waals surface area contributed by atoms with E-state index in [4.69, 9.17) is 0 Å². The number of benzene rings is 1. The van der Waals surface area contributed by atoms with Gasteiger partial charge < -0.3 is 0 Å². The lowest BCUT2D eigenvalue weighted by molar-refractivity contribution is 0.772. The average Bonchev–Trinajstić information content (AvgIpc) is 3.06. The van der Waals surface area contributed by atoms with E-state index in [0.29, 0.717) is 0 Å². The van der Waals surface area contributed by atoms with Crippen LogP contribution in [0.3, 0.4) is 0 Å². The molecule has 0 fully saturated rings. The summed E-state index contributed by atoms with van der Waals surface area (Å²) >= 11 is 0. The van der Waals surface area contributed by atoms with Crippen molar-refractivity contribution >= 4 is 5.57 Å². The van der Waals surface area contributed by atoms with Crippen LogP contribution in [0.2, 0.25) is 0 Å². The molecule has 0 aliphatic carbocycles. The van der Waals surface area contributed by atoms with Gasteiger partial charge in [-0.1, -0.05) is 189 Å². The van der Waals surface area contributed by atoms with Gasteiger partial charge in [-0.25, -0.2) is 0 Å². The van der Waals surface area contributed by atoms with Crippen LogP contribution in [0.4, 0.5) is 0 Å². The second kappa shape index (κ2) is 52.5. The van der Waals surface area contributed by atoms with Crippen LogP contribution >= 0.6 is 0 Å². The van der Waals surface area contributed by atoms with Crippen molar-refractivity contribution < 1.29 is 0 Å². The third kappa shape index (κ3) is 51.5. The van der Waals surface area contributed by atoms with Gasteiger partial charge in [0.2, 0.25) is 0 Å². The summed E-state index contributed by atoms with van der Waals surface area (Å²) in [5.41, 5.74) is 13.2. The van der Waals surface area contributed by atoms with E-state index in [1.54, 1.807) is 6.92 Å². The third-order valence-electron chi connectivity index (χ3n) is 6.88. The van der Waals surface area contributed by atoms with Crippen molar-refractivity contribution in [3.63, 3.8) is 0 Å². The first kappa shape index (κ1) is 68.6. The molecule has 0 heterocycles. The molecule has 1 aromatic carbocycles. The van der Waals surface area contributed by atoms with Crippen LogP contribution < -0.4 is 0 Å². The Hall–Kier alpha value is -3.30. The van der Waals surface area contributed by atoms with E-state index in [-0.39, 0.29) is 22.3 Å². The SMILES string of the molecule is C.C.C.C#CC.C/C=C(\C=C(\C)CC)CC.C=C.C=C(C)/C(C)=C(/C)C/C=C/C(C)=C(C)C.C=C(C)c1ccc(C)cc1.CC.CCCCC. The predicted octanol–water partition coefficient (Wildman–Crippen LogP) is 18.5. The van der Waals surface area contributed by atoms with Crippen molar-refractivity contribution in [2.24, 2.45) is 0 Å². The Balaban J connectivity index is -0.0000000614. The summed E-state index contributed by atoms with van der Waals surface area (Å²) in [6, 6.07) is 8.39. The van der Waals surface area contributed by atoms with Crippen LogP contribution in [0.5, 0.6) is 0 Å². The maximum atomic E-state index is 4.60. The first-order valence-corrected chi connectivity index (χ1v) is 17.7. The molecule has 1 aromatic rings. The molecule has 0 spiro atoms. The monoisotopic (exact) mass is 693 g/mol. The summed E-state index contributed by atoms with van der Waals surface area (Å²) in [6.07, 6.45) is 20.9. The van der Waals surface area contributed by atoms with Crippen molar-refractivity contribution in [3.05, 3.63) is 125 Å². The molecule has 0 aromatic heterocycles. The molecule has 0 unspecified atom stereocenters. The lowest BCUT2D eigenvalue weighted by atomic mass is 10.0. The van der Waals surface area contributed by atoms with Gasteiger partial charge in [0, 0.05) is 0 Å². The fourth-order valence-electron chi connectivity index (χ4n) is 3.10. The van der Waals surface area contributed by atoms with Crippen molar-refractivity contribution in [2.75, 3.05) is 0 Å². The van der Waals surface area contributed by atoms with Crippen molar-refractivity contribution in [1.82, 2.24) is 0 Å². The number of unbranched alkanes of at least 4 members (excludes halogenated alkanes) is 2. The Morgan fingerprint density at radius 1 is 0.780 bits per heavy atom. The second-order valence-electron chi connectivity index (χ2n) is 11.3. The number of hydrogen-bond donors (Lipinski definition) is 0. The Labute approximate surface area is 320 Å². The smallest absolute Gasteiger partial charge is 0.00297 e. The normalized spacial score (nSPS) is 9.68. The highest BCUT2D eigenvalue weighted by Crippen LogP contribution is 2.16. The second-order valence-corrected chi connectivity index (χ2v) is 11.3. The molecule has 0 saturated heterocycles. The quantitative estimate of drug-likeness (QED) is 0.130. The van der Waals surface area contributed by atoms with Gasteiger partial charge in [0.15, 0.2) is 0 Å². The van der Waals surface area contributed by atoms with E-state index in [9.17, 15) is 0 Å². The van der Waals surface area contributed by atoms with Gasteiger partial charge in [0.05, 0.1) is 0 Å². The highest BCUT2D eigenvalue weighted by Gasteiger charge is 1.95. The van der Waals surface area contributed by atoms with Crippen LogP contribution in [0, 0.1) is 19.3 Å². The molecule has 1 rings (SSSR count). The Morgan fingerprint density at radius 3 is 1.46 bits per heavy atom. The third-order valence-corrected chi connectivity index (χ3v) is 6.88. The maximum Gasteiger partial charge on any atom is -0.00297 e. The number of aryl methyl sites for hydroxylation is 1. The summed E-state index contributed by atoms with van der Waals surface area (Å²) in [6.45, 7) is 49.4. The highest BCUT2D eigenvalue weighted by molar-refractivity contribution is 5.61. The molecule has 0 amide bonds. The van der Waals surface area contributed by atoms with E-state index in [0.717, 1.165) is 24.8 Å². The van der Waals surface area contributed by atoms with Gasteiger partial charge in [-0.15, -0.1) is 25.5 Å². The number of terminal acetylenes is 1. The van der Waals surface area contributed by atoms with E-state index < -0.39 is 0 Å². The van der Waals surface area contributed by atoms with Crippen molar-refractivity contribution in [1.29, 1.82) is 0 Å². The molecular formula is C50H92. The molecule has 50 heavy (non-hydrogen) atoms. The fourth-order valence-corrected chi connectivity index (χ4v) is 3.10. The number of rotatable bonds is 10. The van der Waals surface area contributed by atoms with Crippen LogP contribution in [0.25, 0.3) is 5.57 Å². The maximum absolute atomic E-state index is 4.60. The van der Waals surface area contributed by atoms with Crippen LogP contribution in [0.1, 0.15) is 183 Å². The summed E-state index contributed by atoms with van der Waals surface area (Å²) in [7, 11) is 0. The van der Waals surface area contributed by atoms with Crippen molar-refractivity contribution in [2.45, 2.75) is 179 Å². The minimum absolute atomic E-state index is 0. The highest BCUT2D eigenvalue weighted by atomic mass is 14.0. The molecule has 0 nitrogen and oxygen atoms in total.